The molecule has 152 valence electrons. The van der Waals surface area contributed by atoms with Crippen LogP contribution in [0.25, 0.3) is 0 Å². The molecule has 0 radical (unpaired) electrons. The Labute approximate surface area is 174 Å². The first-order valence-electron chi connectivity index (χ1n) is 9.15. The third-order valence-corrected chi connectivity index (χ3v) is 5.21. The number of aryl methyl sites for hydroxylation is 1. The number of hydrogen-bond acceptors (Lipinski definition) is 6. The van der Waals surface area contributed by atoms with Crippen LogP contribution in [0.4, 0.5) is 0 Å². The van der Waals surface area contributed by atoms with Gasteiger partial charge < -0.3 is 19.5 Å². The molecular formula is C22H24N2O4S. The summed E-state index contributed by atoms with van der Waals surface area (Å²) in [6.45, 7) is 4.23. The lowest BCUT2D eigenvalue weighted by molar-refractivity contribution is 0.0935. The number of thiazole rings is 1. The fourth-order valence-electron chi connectivity index (χ4n) is 3.06. The largest absolute Gasteiger partial charge is 0.493 e. The van der Waals surface area contributed by atoms with Crippen molar-refractivity contribution in [1.82, 2.24) is 10.3 Å². The van der Waals surface area contributed by atoms with Gasteiger partial charge in [-0.2, -0.15) is 0 Å². The Balaban J connectivity index is 1.76. The van der Waals surface area contributed by atoms with Crippen LogP contribution >= 0.6 is 11.3 Å². The molecular weight excluding hydrogens is 388 g/mol. The minimum atomic E-state index is -0.228. The number of benzene rings is 2. The Morgan fingerprint density at radius 2 is 1.86 bits per heavy atom. The molecule has 1 N–H and O–H groups in total. The third-order valence-electron chi connectivity index (χ3n) is 4.58. The average molecular weight is 413 g/mol. The number of methoxy groups -OCH3 is 2. The van der Waals surface area contributed by atoms with Crippen molar-refractivity contribution in [1.29, 1.82) is 0 Å². The maximum absolute atomic E-state index is 12.9. The molecule has 1 atom stereocenters. The molecule has 29 heavy (non-hydrogen) atoms. The number of nitrogens with one attached hydrogen (secondary N) is 1. The van der Waals surface area contributed by atoms with Crippen molar-refractivity contribution in [3.8, 4) is 17.2 Å². The second-order valence-corrected chi connectivity index (χ2v) is 7.24. The molecule has 6 nitrogen and oxygen atoms in total. The maximum atomic E-state index is 12.9. The van der Waals surface area contributed by atoms with Gasteiger partial charge in [-0.1, -0.05) is 12.1 Å². The summed E-state index contributed by atoms with van der Waals surface area (Å²) < 4.78 is 16.6. The van der Waals surface area contributed by atoms with E-state index in [1.54, 1.807) is 31.9 Å². The zero-order chi connectivity index (χ0) is 20.8. The molecule has 0 aliphatic heterocycles. The van der Waals surface area contributed by atoms with E-state index in [0.29, 0.717) is 29.4 Å². The Morgan fingerprint density at radius 3 is 2.55 bits per heavy atom. The Bertz CT molecular complexity index is 973. The van der Waals surface area contributed by atoms with Crippen LogP contribution in [-0.4, -0.2) is 25.1 Å². The topological polar surface area (TPSA) is 69.7 Å². The molecule has 0 fully saturated rings. The molecule has 2 aromatic carbocycles. The zero-order valence-corrected chi connectivity index (χ0v) is 17.7. The summed E-state index contributed by atoms with van der Waals surface area (Å²) in [4.78, 5) is 17.1. The molecule has 1 amide bonds. The molecule has 0 spiro atoms. The predicted octanol–water partition coefficient (Wildman–Crippen LogP) is 4.54. The fraction of sp³-hybridized carbons (Fsp3) is 0.273. The van der Waals surface area contributed by atoms with Gasteiger partial charge in [0.15, 0.2) is 11.5 Å². The Morgan fingerprint density at radius 1 is 1.14 bits per heavy atom. The molecule has 1 unspecified atom stereocenters. The lowest BCUT2D eigenvalue weighted by Gasteiger charge is -2.20. The maximum Gasteiger partial charge on any atom is 0.255 e. The van der Waals surface area contributed by atoms with Crippen LogP contribution < -0.4 is 19.5 Å². The quantitative estimate of drug-likeness (QED) is 0.588. The fourth-order valence-corrected chi connectivity index (χ4v) is 3.60. The first-order chi connectivity index (χ1) is 14.0. The molecule has 1 aromatic heterocycles. The van der Waals surface area contributed by atoms with Gasteiger partial charge in [0.05, 0.1) is 37.0 Å². The van der Waals surface area contributed by atoms with E-state index >= 15 is 0 Å². The summed E-state index contributed by atoms with van der Waals surface area (Å²) in [5, 5.41) is 4.97. The van der Waals surface area contributed by atoms with Crippen molar-refractivity contribution in [2.24, 2.45) is 0 Å². The number of carbonyl (C=O) groups excluding carboxylic acids is 1. The second kappa shape index (κ2) is 9.43. The highest BCUT2D eigenvalue weighted by Crippen LogP contribution is 2.33. The van der Waals surface area contributed by atoms with Gasteiger partial charge in [-0.25, -0.2) is 4.98 Å². The number of nitrogens with zero attached hydrogens (tertiary/aromatic N) is 1. The lowest BCUT2D eigenvalue weighted by Crippen LogP contribution is -2.27. The zero-order valence-electron chi connectivity index (χ0n) is 16.9. The monoisotopic (exact) mass is 412 g/mol. The van der Waals surface area contributed by atoms with Crippen molar-refractivity contribution in [2.45, 2.75) is 26.5 Å². The van der Waals surface area contributed by atoms with E-state index in [0.717, 1.165) is 16.8 Å². The number of ether oxygens (including phenoxy) is 3. The Kier molecular flexibility index (Phi) is 6.72. The highest BCUT2D eigenvalue weighted by molar-refractivity contribution is 7.07. The molecule has 3 aromatic rings. The minimum Gasteiger partial charge on any atom is -0.493 e. The highest BCUT2D eigenvalue weighted by Gasteiger charge is 2.19. The number of amides is 1. The van der Waals surface area contributed by atoms with Gasteiger partial charge in [-0.05, 0) is 49.2 Å². The van der Waals surface area contributed by atoms with Crippen LogP contribution in [0.1, 0.15) is 40.1 Å². The number of rotatable bonds is 8. The molecule has 3 rings (SSSR count). The summed E-state index contributed by atoms with van der Waals surface area (Å²) in [7, 11) is 3.20. The van der Waals surface area contributed by atoms with E-state index in [1.807, 2.05) is 43.5 Å². The Hall–Kier alpha value is -3.06. The van der Waals surface area contributed by atoms with Gasteiger partial charge in [0.25, 0.3) is 5.91 Å². The first kappa shape index (κ1) is 20.7. The van der Waals surface area contributed by atoms with Crippen LogP contribution in [0.3, 0.4) is 0 Å². The minimum absolute atomic E-state index is 0.208. The van der Waals surface area contributed by atoms with Gasteiger partial charge in [0.1, 0.15) is 12.4 Å². The van der Waals surface area contributed by atoms with Crippen molar-refractivity contribution in [3.05, 3.63) is 69.7 Å². The second-order valence-electron chi connectivity index (χ2n) is 6.52. The number of carbonyl (C=O) groups is 1. The van der Waals surface area contributed by atoms with Crippen LogP contribution in [0, 0.1) is 6.92 Å². The summed E-state index contributed by atoms with van der Waals surface area (Å²) in [5.74, 6) is 1.60. The van der Waals surface area contributed by atoms with E-state index in [1.165, 1.54) is 11.3 Å². The van der Waals surface area contributed by atoms with Crippen LogP contribution in [0.5, 0.6) is 17.2 Å². The lowest BCUT2D eigenvalue weighted by atomic mass is 10.0. The van der Waals surface area contributed by atoms with Crippen LogP contribution in [0.2, 0.25) is 0 Å². The third kappa shape index (κ3) is 4.86. The number of para-hydroxylation sites is 1. The van der Waals surface area contributed by atoms with Gasteiger partial charge >= 0.3 is 0 Å². The number of aromatic nitrogens is 1. The van der Waals surface area contributed by atoms with Gasteiger partial charge in [-0.15, -0.1) is 11.3 Å². The van der Waals surface area contributed by atoms with Crippen molar-refractivity contribution >= 4 is 17.2 Å². The van der Waals surface area contributed by atoms with E-state index in [9.17, 15) is 4.79 Å². The molecule has 7 heteroatoms. The van der Waals surface area contributed by atoms with Crippen molar-refractivity contribution < 1.29 is 19.0 Å². The summed E-state index contributed by atoms with van der Waals surface area (Å²) >= 11 is 1.51. The SMILES string of the molecule is COc1cc(C)c(C(C)NC(=O)c2ccccc2OCc2cscn2)cc1OC. The molecule has 1 heterocycles. The van der Waals surface area contributed by atoms with Gasteiger partial charge in [-0.3, -0.25) is 4.79 Å². The van der Waals surface area contributed by atoms with E-state index in [4.69, 9.17) is 14.2 Å². The van der Waals surface area contributed by atoms with E-state index < -0.39 is 0 Å². The molecule has 0 bridgehead atoms. The summed E-state index contributed by atoms with van der Waals surface area (Å²) in [6, 6.07) is 10.8. The molecule has 0 saturated carbocycles. The summed E-state index contributed by atoms with van der Waals surface area (Å²) in [5.41, 5.74) is 5.03. The molecule has 0 saturated heterocycles. The van der Waals surface area contributed by atoms with Crippen LogP contribution in [-0.2, 0) is 6.61 Å². The van der Waals surface area contributed by atoms with E-state index in [-0.39, 0.29) is 11.9 Å². The number of hydrogen-bond donors (Lipinski definition) is 1. The molecule has 0 aliphatic carbocycles. The average Bonchev–Trinajstić information content (AvgIpc) is 3.25. The normalized spacial score (nSPS) is 11.6. The van der Waals surface area contributed by atoms with Crippen molar-refractivity contribution in [2.75, 3.05) is 14.2 Å². The molecule has 0 aliphatic rings. The standard InChI is InChI=1S/C22H24N2O4S/c1-14-9-20(26-3)21(27-4)10-18(14)15(2)24-22(25)17-7-5-6-8-19(17)28-11-16-12-29-13-23-16/h5-10,12-13,15H,11H2,1-4H3,(H,24,25). The highest BCUT2D eigenvalue weighted by atomic mass is 32.1. The first-order valence-corrected chi connectivity index (χ1v) is 10.1. The smallest absolute Gasteiger partial charge is 0.255 e. The van der Waals surface area contributed by atoms with Gasteiger partial charge in [0, 0.05) is 5.38 Å². The summed E-state index contributed by atoms with van der Waals surface area (Å²) in [6.07, 6.45) is 0. The van der Waals surface area contributed by atoms with Gasteiger partial charge in [0.2, 0.25) is 0 Å². The van der Waals surface area contributed by atoms with Crippen molar-refractivity contribution in [3.63, 3.8) is 0 Å². The predicted molar refractivity (Wildman–Crippen MR) is 113 cm³/mol. The van der Waals surface area contributed by atoms with E-state index in [2.05, 4.69) is 10.3 Å². The van der Waals surface area contributed by atoms with Crippen LogP contribution in [0.15, 0.2) is 47.3 Å².